The third-order valence-corrected chi connectivity index (χ3v) is 7.36. The van der Waals surface area contributed by atoms with Gasteiger partial charge in [-0.1, -0.05) is 38.5 Å². The molecule has 108 valence electrons. The molecular weight excluding hydrogens is 265 g/mol. The molecule has 0 aliphatic heterocycles. The summed E-state index contributed by atoms with van der Waals surface area (Å²) in [6, 6.07) is -1.31. The van der Waals surface area contributed by atoms with Crippen LogP contribution in [0.4, 0.5) is 0 Å². The van der Waals surface area contributed by atoms with Gasteiger partial charge in [0.15, 0.2) is 0 Å². The van der Waals surface area contributed by atoms with Gasteiger partial charge in [-0.2, -0.15) is 0 Å². The Morgan fingerprint density at radius 3 is 2.17 bits per heavy atom. The van der Waals surface area contributed by atoms with E-state index in [1.54, 1.807) is 0 Å². The fourth-order valence-electron chi connectivity index (χ4n) is 1.74. The van der Waals surface area contributed by atoms with E-state index in [4.69, 9.17) is 16.5 Å². The molecule has 0 spiro atoms. The number of nitrogens with one attached hydrogen (secondary N) is 1. The van der Waals surface area contributed by atoms with Crippen LogP contribution in [0.5, 0.6) is 0 Å². The second-order valence-electron chi connectivity index (χ2n) is 4.60. The van der Waals surface area contributed by atoms with Crippen LogP contribution in [0.3, 0.4) is 0 Å². The molecule has 1 N–H and O–H groups in total. The summed E-state index contributed by atoms with van der Waals surface area (Å²) in [6.45, 7) is 6.96. The summed E-state index contributed by atoms with van der Waals surface area (Å²) in [5, 5.41) is 3.20. The van der Waals surface area contributed by atoms with Gasteiger partial charge in [0.05, 0.1) is 13.2 Å². The molecule has 0 aromatic carbocycles. The number of carbonyl (C=O) groups is 1. The summed E-state index contributed by atoms with van der Waals surface area (Å²) in [6.07, 6.45) is 7.97. The maximum absolute atomic E-state index is 11.3. The molecule has 0 radical (unpaired) electrons. The van der Waals surface area contributed by atoms with Gasteiger partial charge in [-0.15, -0.1) is 0 Å². The highest BCUT2D eigenvalue weighted by atomic mass is 32.4. The Balaban J connectivity index is 4.07. The zero-order valence-electron chi connectivity index (χ0n) is 12.0. The highest BCUT2D eigenvalue weighted by Gasteiger charge is 2.16. The highest BCUT2D eigenvalue weighted by molar-refractivity contribution is 8.14. The van der Waals surface area contributed by atoms with Crippen LogP contribution in [-0.4, -0.2) is 37.7 Å². The first-order chi connectivity index (χ1) is 8.58. The standard InChI is InChI=1S/C13H28NO2PS/c1-4-7-9-17(18,10-8-5-2)12-14-11-13(15)16-6-3/h14H,4-12H2,1-3H3. The van der Waals surface area contributed by atoms with E-state index in [0.717, 1.165) is 18.6 Å². The Bertz CT molecular complexity index is 260. The number of unbranched alkanes of at least 4 members (excludes halogenated alkanes) is 2. The van der Waals surface area contributed by atoms with Crippen LogP contribution < -0.4 is 5.32 Å². The van der Waals surface area contributed by atoms with Crippen molar-refractivity contribution in [2.45, 2.75) is 46.5 Å². The third kappa shape index (κ3) is 9.07. The van der Waals surface area contributed by atoms with E-state index in [0.29, 0.717) is 13.2 Å². The second kappa shape index (κ2) is 11.0. The van der Waals surface area contributed by atoms with Gasteiger partial charge < -0.3 is 10.1 Å². The first kappa shape index (κ1) is 18.1. The van der Waals surface area contributed by atoms with Crippen molar-refractivity contribution in [3.05, 3.63) is 0 Å². The monoisotopic (exact) mass is 293 g/mol. The van der Waals surface area contributed by atoms with Crippen LogP contribution in [-0.2, 0) is 21.3 Å². The molecule has 0 atom stereocenters. The van der Waals surface area contributed by atoms with Crippen molar-refractivity contribution in [3.8, 4) is 0 Å². The van der Waals surface area contributed by atoms with E-state index < -0.39 is 6.04 Å². The zero-order chi connectivity index (χ0) is 13.9. The van der Waals surface area contributed by atoms with Crippen molar-refractivity contribution in [1.82, 2.24) is 5.32 Å². The fourth-order valence-corrected chi connectivity index (χ4v) is 5.63. The van der Waals surface area contributed by atoms with E-state index in [1.165, 1.54) is 25.7 Å². The molecule has 0 bridgehead atoms. The zero-order valence-corrected chi connectivity index (χ0v) is 13.7. The Morgan fingerprint density at radius 2 is 1.72 bits per heavy atom. The predicted octanol–water partition coefficient (Wildman–Crippen LogP) is 3.18. The average Bonchev–Trinajstić information content (AvgIpc) is 2.34. The summed E-state index contributed by atoms with van der Waals surface area (Å²) in [5.41, 5.74) is 0. The van der Waals surface area contributed by atoms with Crippen molar-refractivity contribution in [2.75, 3.05) is 31.8 Å². The minimum Gasteiger partial charge on any atom is -0.465 e. The number of ether oxygens (including phenoxy) is 1. The van der Waals surface area contributed by atoms with Crippen LogP contribution in [0.1, 0.15) is 46.5 Å². The quantitative estimate of drug-likeness (QED) is 0.469. The first-order valence-corrected chi connectivity index (χ1v) is 10.4. The Labute approximate surface area is 117 Å². The second-order valence-corrected chi connectivity index (χ2v) is 10.3. The first-order valence-electron chi connectivity index (χ1n) is 7.01. The molecule has 0 amide bonds. The molecular formula is C13H28NO2PS. The van der Waals surface area contributed by atoms with Crippen molar-refractivity contribution >= 4 is 23.8 Å². The average molecular weight is 293 g/mol. The summed E-state index contributed by atoms with van der Waals surface area (Å²) < 4.78 is 4.90. The van der Waals surface area contributed by atoms with Gasteiger partial charge in [-0.25, -0.2) is 0 Å². The largest absolute Gasteiger partial charge is 0.465 e. The Kier molecular flexibility index (Phi) is 11.0. The van der Waals surface area contributed by atoms with Gasteiger partial charge in [-0.3, -0.25) is 4.79 Å². The smallest absolute Gasteiger partial charge is 0.319 e. The number of hydrogen-bond donors (Lipinski definition) is 1. The molecule has 3 nitrogen and oxygen atoms in total. The van der Waals surface area contributed by atoms with E-state index in [-0.39, 0.29) is 5.97 Å². The SMILES string of the molecule is CCCCP(=S)(CCCC)CNCC(=O)OCC. The fraction of sp³-hybridized carbons (Fsp3) is 0.923. The molecule has 5 heteroatoms. The number of carbonyl (C=O) groups excluding carboxylic acids is 1. The van der Waals surface area contributed by atoms with Crippen molar-refractivity contribution in [1.29, 1.82) is 0 Å². The van der Waals surface area contributed by atoms with Gasteiger partial charge in [0, 0.05) is 6.29 Å². The minimum absolute atomic E-state index is 0.176. The molecule has 0 aromatic heterocycles. The lowest BCUT2D eigenvalue weighted by atomic mass is 10.4. The molecule has 18 heavy (non-hydrogen) atoms. The van der Waals surface area contributed by atoms with Crippen molar-refractivity contribution in [2.24, 2.45) is 0 Å². The molecule has 0 unspecified atom stereocenters. The highest BCUT2D eigenvalue weighted by Crippen LogP contribution is 2.46. The van der Waals surface area contributed by atoms with Crippen LogP contribution in [0.15, 0.2) is 0 Å². The van der Waals surface area contributed by atoms with Crippen LogP contribution in [0, 0.1) is 0 Å². The summed E-state index contributed by atoms with van der Waals surface area (Å²) in [5.74, 6) is -0.176. The molecule has 0 fully saturated rings. The van der Waals surface area contributed by atoms with Gasteiger partial charge in [0.1, 0.15) is 0 Å². The molecule has 0 saturated carbocycles. The van der Waals surface area contributed by atoms with E-state index in [9.17, 15) is 4.79 Å². The summed E-state index contributed by atoms with van der Waals surface area (Å²) >= 11 is 5.85. The molecule has 0 rings (SSSR count). The normalized spacial score (nSPS) is 11.5. The van der Waals surface area contributed by atoms with Gasteiger partial charge in [0.25, 0.3) is 0 Å². The molecule has 0 saturated heterocycles. The van der Waals surface area contributed by atoms with E-state index in [1.807, 2.05) is 6.92 Å². The molecule has 0 aliphatic rings. The Hall–Kier alpha value is 0.0800. The number of hydrogen-bond acceptors (Lipinski definition) is 4. The lowest BCUT2D eigenvalue weighted by Gasteiger charge is -2.22. The lowest BCUT2D eigenvalue weighted by molar-refractivity contribution is -0.141. The van der Waals surface area contributed by atoms with Gasteiger partial charge in [-0.05, 0) is 38.1 Å². The molecule has 0 heterocycles. The Morgan fingerprint density at radius 1 is 1.17 bits per heavy atom. The van der Waals surface area contributed by atoms with Crippen LogP contribution in [0.2, 0.25) is 0 Å². The van der Waals surface area contributed by atoms with E-state index in [2.05, 4.69) is 19.2 Å². The maximum atomic E-state index is 11.3. The van der Waals surface area contributed by atoms with Crippen LogP contribution >= 0.6 is 6.04 Å². The number of esters is 1. The van der Waals surface area contributed by atoms with Gasteiger partial charge >= 0.3 is 5.97 Å². The topological polar surface area (TPSA) is 38.3 Å². The predicted molar refractivity (Wildman–Crippen MR) is 83.3 cm³/mol. The third-order valence-electron chi connectivity index (χ3n) is 2.81. The van der Waals surface area contributed by atoms with E-state index >= 15 is 0 Å². The lowest BCUT2D eigenvalue weighted by Crippen LogP contribution is -2.26. The maximum Gasteiger partial charge on any atom is 0.319 e. The number of rotatable bonds is 11. The molecule has 0 aliphatic carbocycles. The summed E-state index contributed by atoms with van der Waals surface area (Å²) in [4.78, 5) is 11.3. The van der Waals surface area contributed by atoms with Crippen molar-refractivity contribution in [3.63, 3.8) is 0 Å². The summed E-state index contributed by atoms with van der Waals surface area (Å²) in [7, 11) is 0. The van der Waals surface area contributed by atoms with Gasteiger partial charge in [0.2, 0.25) is 0 Å². The minimum atomic E-state index is -1.31. The van der Waals surface area contributed by atoms with Crippen molar-refractivity contribution < 1.29 is 9.53 Å². The van der Waals surface area contributed by atoms with Crippen LogP contribution in [0.25, 0.3) is 0 Å². The molecule has 0 aromatic rings.